The summed E-state index contributed by atoms with van der Waals surface area (Å²) < 4.78 is 5.10. The molecule has 0 radical (unpaired) electrons. The zero-order chi connectivity index (χ0) is 13.4. The summed E-state index contributed by atoms with van der Waals surface area (Å²) in [6.45, 7) is 4.00. The number of nitrogens with zero attached hydrogens (tertiary/aromatic N) is 1. The molecular formula is C16H17NO. The van der Waals surface area contributed by atoms with Gasteiger partial charge in [0.25, 0.3) is 0 Å². The Kier molecular flexibility index (Phi) is 5.47. The highest BCUT2D eigenvalue weighted by Crippen LogP contribution is 2.22. The van der Waals surface area contributed by atoms with E-state index in [-0.39, 0.29) is 0 Å². The summed E-state index contributed by atoms with van der Waals surface area (Å²) in [6, 6.07) is 17.5. The van der Waals surface area contributed by atoms with Crippen LogP contribution in [-0.4, -0.2) is 7.11 Å². The maximum absolute atomic E-state index is 8.70. The van der Waals surface area contributed by atoms with Crippen LogP contribution in [-0.2, 0) is 0 Å². The lowest BCUT2D eigenvalue weighted by Gasteiger charge is -2.03. The minimum absolute atomic E-state index is 0.678. The highest BCUT2D eigenvalue weighted by molar-refractivity contribution is 5.64. The first-order chi connectivity index (χ1) is 8.83. The van der Waals surface area contributed by atoms with E-state index >= 15 is 0 Å². The molecule has 0 saturated heterocycles. The fourth-order valence-electron chi connectivity index (χ4n) is 1.52. The van der Waals surface area contributed by atoms with E-state index in [2.05, 4.69) is 6.07 Å². The number of nitriles is 1. The van der Waals surface area contributed by atoms with E-state index in [1.807, 2.05) is 62.4 Å². The van der Waals surface area contributed by atoms with E-state index in [1.54, 1.807) is 7.11 Å². The Morgan fingerprint density at radius 3 is 1.67 bits per heavy atom. The van der Waals surface area contributed by atoms with Crippen molar-refractivity contribution in [3.8, 4) is 22.9 Å². The van der Waals surface area contributed by atoms with Crippen molar-refractivity contribution in [3.05, 3.63) is 54.1 Å². The average molecular weight is 239 g/mol. The molecule has 0 bridgehead atoms. The molecule has 92 valence electrons. The third-order valence-electron chi connectivity index (χ3n) is 2.44. The summed E-state index contributed by atoms with van der Waals surface area (Å²) in [5.74, 6) is 0.845. The Bertz CT molecular complexity index is 506. The van der Waals surface area contributed by atoms with Gasteiger partial charge in [-0.3, -0.25) is 0 Å². The van der Waals surface area contributed by atoms with Crippen LogP contribution in [0.15, 0.2) is 48.5 Å². The Balaban J connectivity index is 0.000000771. The van der Waals surface area contributed by atoms with E-state index in [4.69, 9.17) is 10.00 Å². The second-order valence-electron chi connectivity index (χ2n) is 3.42. The van der Waals surface area contributed by atoms with Crippen LogP contribution in [0, 0.1) is 11.3 Å². The van der Waals surface area contributed by atoms with Crippen LogP contribution in [0.25, 0.3) is 11.1 Å². The first-order valence-corrected chi connectivity index (χ1v) is 5.98. The van der Waals surface area contributed by atoms with Gasteiger partial charge in [-0.1, -0.05) is 38.1 Å². The summed E-state index contributed by atoms with van der Waals surface area (Å²) >= 11 is 0. The van der Waals surface area contributed by atoms with E-state index < -0.39 is 0 Å². The quantitative estimate of drug-likeness (QED) is 0.784. The SMILES string of the molecule is CC.COc1ccc(-c2ccc(C#N)cc2)cc1. The molecule has 0 spiro atoms. The molecule has 0 saturated carbocycles. The molecule has 0 amide bonds. The summed E-state index contributed by atoms with van der Waals surface area (Å²) in [7, 11) is 1.65. The number of rotatable bonds is 2. The highest BCUT2D eigenvalue weighted by Gasteiger charge is 1.98. The zero-order valence-electron chi connectivity index (χ0n) is 11.0. The van der Waals surface area contributed by atoms with Crippen molar-refractivity contribution in [1.29, 1.82) is 5.26 Å². The zero-order valence-corrected chi connectivity index (χ0v) is 11.0. The van der Waals surface area contributed by atoms with Crippen molar-refractivity contribution in [3.63, 3.8) is 0 Å². The van der Waals surface area contributed by atoms with Crippen molar-refractivity contribution in [2.75, 3.05) is 7.11 Å². The first kappa shape index (κ1) is 13.8. The Labute approximate surface area is 108 Å². The Hall–Kier alpha value is -2.27. The number of hydrogen-bond donors (Lipinski definition) is 0. The molecule has 2 nitrogen and oxygen atoms in total. The third-order valence-corrected chi connectivity index (χ3v) is 2.44. The van der Waals surface area contributed by atoms with Crippen LogP contribution in [0.5, 0.6) is 5.75 Å². The highest BCUT2D eigenvalue weighted by atomic mass is 16.5. The van der Waals surface area contributed by atoms with Crippen LogP contribution < -0.4 is 4.74 Å². The normalized spacial score (nSPS) is 8.78. The van der Waals surface area contributed by atoms with Crippen molar-refractivity contribution in [2.45, 2.75) is 13.8 Å². The number of hydrogen-bond acceptors (Lipinski definition) is 2. The lowest BCUT2D eigenvalue weighted by Crippen LogP contribution is -1.83. The molecule has 2 rings (SSSR count). The minimum Gasteiger partial charge on any atom is -0.497 e. The molecule has 0 aliphatic rings. The number of benzene rings is 2. The van der Waals surface area contributed by atoms with Gasteiger partial charge in [0, 0.05) is 0 Å². The van der Waals surface area contributed by atoms with Crippen molar-refractivity contribution in [1.82, 2.24) is 0 Å². The predicted molar refractivity (Wildman–Crippen MR) is 74.5 cm³/mol. The number of methoxy groups -OCH3 is 1. The second-order valence-corrected chi connectivity index (χ2v) is 3.42. The van der Waals surface area contributed by atoms with Crippen LogP contribution in [0.1, 0.15) is 19.4 Å². The fraction of sp³-hybridized carbons (Fsp3) is 0.188. The molecule has 2 aromatic rings. The van der Waals surface area contributed by atoms with Gasteiger partial charge in [0.1, 0.15) is 5.75 Å². The molecule has 0 aliphatic carbocycles. The van der Waals surface area contributed by atoms with Crippen LogP contribution in [0.3, 0.4) is 0 Å². The van der Waals surface area contributed by atoms with E-state index in [0.29, 0.717) is 5.56 Å². The lowest BCUT2D eigenvalue weighted by molar-refractivity contribution is 0.415. The molecule has 0 atom stereocenters. The Morgan fingerprint density at radius 2 is 1.28 bits per heavy atom. The molecule has 0 aliphatic heterocycles. The van der Waals surface area contributed by atoms with Gasteiger partial charge in [0.2, 0.25) is 0 Å². The average Bonchev–Trinajstić information content (AvgIpc) is 2.49. The van der Waals surface area contributed by atoms with Crippen molar-refractivity contribution < 1.29 is 4.74 Å². The molecule has 2 aromatic carbocycles. The monoisotopic (exact) mass is 239 g/mol. The largest absolute Gasteiger partial charge is 0.497 e. The van der Waals surface area contributed by atoms with E-state index in [0.717, 1.165) is 16.9 Å². The molecular weight excluding hydrogens is 222 g/mol. The Morgan fingerprint density at radius 1 is 0.833 bits per heavy atom. The lowest BCUT2D eigenvalue weighted by atomic mass is 10.0. The molecule has 0 unspecified atom stereocenters. The summed E-state index contributed by atoms with van der Waals surface area (Å²) in [5, 5.41) is 8.70. The molecule has 0 aromatic heterocycles. The van der Waals surface area contributed by atoms with Gasteiger partial charge in [-0.2, -0.15) is 5.26 Å². The number of ether oxygens (including phenoxy) is 1. The van der Waals surface area contributed by atoms with Crippen LogP contribution >= 0.6 is 0 Å². The molecule has 2 heteroatoms. The second kappa shape index (κ2) is 7.13. The van der Waals surface area contributed by atoms with Gasteiger partial charge < -0.3 is 4.74 Å². The summed E-state index contributed by atoms with van der Waals surface area (Å²) in [5.41, 5.74) is 2.89. The van der Waals surface area contributed by atoms with Gasteiger partial charge in [-0.15, -0.1) is 0 Å². The van der Waals surface area contributed by atoms with Gasteiger partial charge in [0.15, 0.2) is 0 Å². The minimum atomic E-state index is 0.678. The summed E-state index contributed by atoms with van der Waals surface area (Å²) in [6.07, 6.45) is 0. The molecule has 18 heavy (non-hydrogen) atoms. The van der Waals surface area contributed by atoms with Gasteiger partial charge in [-0.25, -0.2) is 0 Å². The first-order valence-electron chi connectivity index (χ1n) is 5.98. The van der Waals surface area contributed by atoms with E-state index in [1.165, 1.54) is 0 Å². The summed E-state index contributed by atoms with van der Waals surface area (Å²) in [4.78, 5) is 0. The van der Waals surface area contributed by atoms with Gasteiger partial charge >= 0.3 is 0 Å². The maximum Gasteiger partial charge on any atom is 0.118 e. The van der Waals surface area contributed by atoms with Gasteiger partial charge in [-0.05, 0) is 35.4 Å². The van der Waals surface area contributed by atoms with Crippen LogP contribution in [0.4, 0.5) is 0 Å². The van der Waals surface area contributed by atoms with Gasteiger partial charge in [0.05, 0.1) is 18.7 Å². The molecule has 0 heterocycles. The van der Waals surface area contributed by atoms with Crippen molar-refractivity contribution in [2.24, 2.45) is 0 Å². The molecule has 0 N–H and O–H groups in total. The van der Waals surface area contributed by atoms with Crippen molar-refractivity contribution >= 4 is 0 Å². The molecule has 0 fully saturated rings. The third kappa shape index (κ3) is 3.36. The standard InChI is InChI=1S/C14H11NO.C2H6/c1-16-14-8-6-13(7-9-14)12-4-2-11(10-15)3-5-12;1-2/h2-9H,1H3;1-2H3. The van der Waals surface area contributed by atoms with Crippen LogP contribution in [0.2, 0.25) is 0 Å². The maximum atomic E-state index is 8.70. The van der Waals surface area contributed by atoms with E-state index in [9.17, 15) is 0 Å². The predicted octanol–water partition coefficient (Wildman–Crippen LogP) is 4.26. The smallest absolute Gasteiger partial charge is 0.118 e. The topological polar surface area (TPSA) is 33.0 Å². The fourth-order valence-corrected chi connectivity index (χ4v) is 1.52.